The van der Waals surface area contributed by atoms with Crippen molar-refractivity contribution in [1.82, 2.24) is 25.3 Å². The average molecular weight is 303 g/mol. The number of amides is 1. The number of morpholine rings is 1. The van der Waals surface area contributed by atoms with E-state index in [4.69, 9.17) is 4.74 Å². The van der Waals surface area contributed by atoms with Crippen molar-refractivity contribution in [1.29, 1.82) is 0 Å². The van der Waals surface area contributed by atoms with Gasteiger partial charge in [-0.1, -0.05) is 0 Å². The highest BCUT2D eigenvalue weighted by molar-refractivity contribution is 5.80. The van der Waals surface area contributed by atoms with Crippen LogP contribution in [0.5, 0.6) is 0 Å². The number of hydrogen-bond acceptors (Lipinski definition) is 4. The molecule has 3 heterocycles. The van der Waals surface area contributed by atoms with Crippen LogP contribution in [0.1, 0.15) is 34.3 Å². The fourth-order valence-corrected chi connectivity index (χ4v) is 2.92. The van der Waals surface area contributed by atoms with Gasteiger partial charge in [0.15, 0.2) is 0 Å². The number of aromatic nitrogens is 4. The molecule has 7 nitrogen and oxygen atoms in total. The summed E-state index contributed by atoms with van der Waals surface area (Å²) in [7, 11) is 0. The van der Waals surface area contributed by atoms with Gasteiger partial charge < -0.3 is 9.64 Å². The topological polar surface area (TPSA) is 86.9 Å². The molecule has 3 rings (SSSR count). The van der Waals surface area contributed by atoms with Gasteiger partial charge in [0.2, 0.25) is 5.91 Å². The second kappa shape index (κ2) is 5.92. The molecule has 0 aromatic carbocycles. The Morgan fingerprint density at radius 2 is 2.23 bits per heavy atom. The minimum absolute atomic E-state index is 0.0925. The highest BCUT2D eigenvalue weighted by atomic mass is 16.5. The van der Waals surface area contributed by atoms with Gasteiger partial charge in [-0.25, -0.2) is 0 Å². The minimum Gasteiger partial charge on any atom is -0.377 e. The number of nitrogens with one attached hydrogen (secondary N) is 2. The molecule has 1 amide bonds. The van der Waals surface area contributed by atoms with E-state index in [2.05, 4.69) is 20.4 Å². The Morgan fingerprint density at radius 1 is 1.41 bits per heavy atom. The molecule has 1 atom stereocenters. The summed E-state index contributed by atoms with van der Waals surface area (Å²) in [6.45, 7) is 7.51. The molecule has 0 saturated carbocycles. The van der Waals surface area contributed by atoms with Crippen molar-refractivity contribution in [3.8, 4) is 0 Å². The Bertz CT molecular complexity index is 656. The Hall–Kier alpha value is -2.15. The van der Waals surface area contributed by atoms with Gasteiger partial charge in [-0.3, -0.25) is 15.0 Å². The lowest BCUT2D eigenvalue weighted by Crippen LogP contribution is -2.44. The van der Waals surface area contributed by atoms with E-state index in [-0.39, 0.29) is 11.9 Å². The highest BCUT2D eigenvalue weighted by Crippen LogP contribution is 2.26. The van der Waals surface area contributed by atoms with Crippen LogP contribution < -0.4 is 0 Å². The van der Waals surface area contributed by atoms with Crippen LogP contribution in [0.25, 0.3) is 0 Å². The van der Waals surface area contributed by atoms with Crippen LogP contribution in [0.4, 0.5) is 0 Å². The molecule has 2 aromatic heterocycles. The van der Waals surface area contributed by atoms with Gasteiger partial charge in [0.1, 0.15) is 0 Å². The van der Waals surface area contributed by atoms with Crippen molar-refractivity contribution in [3.05, 3.63) is 34.4 Å². The molecule has 1 aliphatic heterocycles. The van der Waals surface area contributed by atoms with Crippen molar-refractivity contribution < 1.29 is 9.53 Å². The first-order valence-corrected chi connectivity index (χ1v) is 7.45. The van der Waals surface area contributed by atoms with Crippen LogP contribution in [-0.2, 0) is 16.0 Å². The maximum Gasteiger partial charge on any atom is 0.227 e. The van der Waals surface area contributed by atoms with E-state index in [1.807, 2.05) is 25.7 Å². The summed E-state index contributed by atoms with van der Waals surface area (Å²) in [4.78, 5) is 14.7. The molecule has 22 heavy (non-hydrogen) atoms. The third kappa shape index (κ3) is 2.64. The van der Waals surface area contributed by atoms with Crippen molar-refractivity contribution in [2.24, 2.45) is 0 Å². The molecule has 0 spiro atoms. The fraction of sp³-hybridized carbons (Fsp3) is 0.533. The average Bonchev–Trinajstić information content (AvgIpc) is 3.07. The van der Waals surface area contributed by atoms with E-state index in [0.29, 0.717) is 26.2 Å². The van der Waals surface area contributed by atoms with Crippen LogP contribution >= 0.6 is 0 Å². The zero-order chi connectivity index (χ0) is 15.7. The molecular formula is C15H21N5O2. The van der Waals surface area contributed by atoms with Gasteiger partial charge in [0, 0.05) is 17.8 Å². The third-order valence-corrected chi connectivity index (χ3v) is 4.26. The number of aryl methyl sites for hydroxylation is 3. The number of aromatic amines is 2. The Morgan fingerprint density at radius 3 is 2.86 bits per heavy atom. The van der Waals surface area contributed by atoms with Crippen molar-refractivity contribution in [2.45, 2.75) is 33.2 Å². The predicted octanol–water partition coefficient (Wildman–Crippen LogP) is 1.20. The summed E-state index contributed by atoms with van der Waals surface area (Å²) in [5.41, 5.74) is 4.82. The summed E-state index contributed by atoms with van der Waals surface area (Å²) in [6.07, 6.45) is 2.13. The zero-order valence-corrected chi connectivity index (χ0v) is 13.1. The van der Waals surface area contributed by atoms with Crippen molar-refractivity contribution in [3.63, 3.8) is 0 Å². The normalized spacial score (nSPS) is 18.7. The molecule has 2 aromatic rings. The summed E-state index contributed by atoms with van der Waals surface area (Å²) in [6, 6.07) is -0.101. The Kier molecular flexibility index (Phi) is 3.98. The summed E-state index contributed by atoms with van der Waals surface area (Å²) >= 11 is 0. The summed E-state index contributed by atoms with van der Waals surface area (Å²) in [5.74, 6) is 0.0925. The first-order chi connectivity index (χ1) is 10.6. The van der Waals surface area contributed by atoms with E-state index < -0.39 is 0 Å². The number of ether oxygens (including phenoxy) is 1. The first-order valence-electron chi connectivity index (χ1n) is 7.45. The Balaban J connectivity index is 1.82. The van der Waals surface area contributed by atoms with Gasteiger partial charge in [-0.05, 0) is 26.3 Å². The SMILES string of the molecule is Cc1cn[nH]c1C1COCCN1C(=O)Cc1c(C)n[nH]c1C. The molecule has 1 aliphatic rings. The number of nitrogens with zero attached hydrogens (tertiary/aromatic N) is 3. The largest absolute Gasteiger partial charge is 0.377 e. The molecule has 118 valence electrons. The van der Waals surface area contributed by atoms with E-state index in [1.165, 1.54) is 0 Å². The molecule has 1 unspecified atom stereocenters. The van der Waals surface area contributed by atoms with Crippen LogP contribution in [0.3, 0.4) is 0 Å². The molecule has 2 N–H and O–H groups in total. The smallest absolute Gasteiger partial charge is 0.227 e. The number of carbonyl (C=O) groups excluding carboxylic acids is 1. The molecule has 0 aliphatic carbocycles. The van der Waals surface area contributed by atoms with E-state index in [9.17, 15) is 4.79 Å². The lowest BCUT2D eigenvalue weighted by molar-refractivity contribution is -0.139. The fourth-order valence-electron chi connectivity index (χ4n) is 2.92. The molecule has 1 fully saturated rings. The zero-order valence-electron chi connectivity index (χ0n) is 13.1. The second-order valence-corrected chi connectivity index (χ2v) is 5.73. The van der Waals surface area contributed by atoms with Crippen molar-refractivity contribution >= 4 is 5.91 Å². The maximum atomic E-state index is 12.8. The predicted molar refractivity (Wildman–Crippen MR) is 80.4 cm³/mol. The van der Waals surface area contributed by atoms with Crippen LogP contribution in [0.15, 0.2) is 6.20 Å². The first kappa shape index (κ1) is 14.8. The van der Waals surface area contributed by atoms with Gasteiger partial charge in [-0.15, -0.1) is 0 Å². The quantitative estimate of drug-likeness (QED) is 0.892. The van der Waals surface area contributed by atoms with Gasteiger partial charge in [0.05, 0.1) is 43.3 Å². The standard InChI is InChI=1S/C15H21N5O2/c1-9-7-16-19-15(9)13-8-22-5-4-20(13)14(21)6-12-10(2)17-18-11(12)3/h7,13H,4-6,8H2,1-3H3,(H,16,19)(H,17,18). The molecule has 7 heteroatoms. The van der Waals surface area contributed by atoms with Crippen LogP contribution in [0, 0.1) is 20.8 Å². The summed E-state index contributed by atoms with van der Waals surface area (Å²) in [5, 5.41) is 14.2. The van der Waals surface area contributed by atoms with Gasteiger partial charge >= 0.3 is 0 Å². The van der Waals surface area contributed by atoms with Gasteiger partial charge in [-0.2, -0.15) is 10.2 Å². The summed E-state index contributed by atoms with van der Waals surface area (Å²) < 4.78 is 5.56. The number of carbonyl (C=O) groups is 1. The maximum absolute atomic E-state index is 12.8. The van der Waals surface area contributed by atoms with E-state index >= 15 is 0 Å². The minimum atomic E-state index is -0.101. The van der Waals surface area contributed by atoms with Gasteiger partial charge in [0.25, 0.3) is 0 Å². The van der Waals surface area contributed by atoms with E-state index in [0.717, 1.165) is 28.2 Å². The lowest BCUT2D eigenvalue weighted by Gasteiger charge is -2.35. The third-order valence-electron chi connectivity index (χ3n) is 4.26. The Labute approximate surface area is 129 Å². The second-order valence-electron chi connectivity index (χ2n) is 5.73. The monoisotopic (exact) mass is 303 g/mol. The highest BCUT2D eigenvalue weighted by Gasteiger charge is 2.31. The van der Waals surface area contributed by atoms with Crippen LogP contribution in [0.2, 0.25) is 0 Å². The number of rotatable bonds is 3. The molecule has 0 bridgehead atoms. The lowest BCUT2D eigenvalue weighted by atomic mass is 10.1. The number of hydrogen-bond donors (Lipinski definition) is 2. The van der Waals surface area contributed by atoms with E-state index in [1.54, 1.807) is 6.20 Å². The van der Waals surface area contributed by atoms with Crippen molar-refractivity contribution in [2.75, 3.05) is 19.8 Å². The number of H-pyrrole nitrogens is 2. The molecule has 1 saturated heterocycles. The van der Waals surface area contributed by atoms with Crippen LogP contribution in [-0.4, -0.2) is 51.0 Å². The molecule has 0 radical (unpaired) electrons. The molecular weight excluding hydrogens is 282 g/mol.